The molecular weight excluding hydrogens is 232 g/mol. The van der Waals surface area contributed by atoms with E-state index in [2.05, 4.69) is 4.72 Å². The fraction of sp³-hybridized carbons (Fsp3) is 0.889. The summed E-state index contributed by atoms with van der Waals surface area (Å²) in [6.45, 7) is 5.37. The minimum atomic E-state index is -3.61. The molecule has 0 aliphatic carbocycles. The number of hydrogen-bond acceptors (Lipinski definition) is 3. The van der Waals surface area contributed by atoms with E-state index in [1.165, 1.54) is 14.1 Å². The zero-order valence-electron chi connectivity index (χ0n) is 10.3. The van der Waals surface area contributed by atoms with Gasteiger partial charge in [0.25, 0.3) is 10.2 Å². The Morgan fingerprint density at radius 1 is 1.38 bits per heavy atom. The molecule has 0 rings (SSSR count). The first-order valence-electron chi connectivity index (χ1n) is 4.88. The molecule has 96 valence electrons. The van der Waals surface area contributed by atoms with Gasteiger partial charge in [-0.3, -0.25) is 4.79 Å². The van der Waals surface area contributed by atoms with Crippen LogP contribution < -0.4 is 4.72 Å². The lowest BCUT2D eigenvalue weighted by atomic mass is 9.85. The van der Waals surface area contributed by atoms with Gasteiger partial charge in [-0.25, -0.2) is 0 Å². The predicted molar refractivity (Wildman–Crippen MR) is 61.2 cm³/mol. The fourth-order valence-corrected chi connectivity index (χ4v) is 1.99. The molecule has 0 radical (unpaired) electrons. The summed E-state index contributed by atoms with van der Waals surface area (Å²) in [4.78, 5) is 10.7. The van der Waals surface area contributed by atoms with Gasteiger partial charge in [0.05, 0.1) is 6.42 Å². The van der Waals surface area contributed by atoms with Gasteiger partial charge in [0.2, 0.25) is 0 Å². The third kappa shape index (κ3) is 4.91. The molecule has 0 heterocycles. The van der Waals surface area contributed by atoms with Crippen molar-refractivity contribution < 1.29 is 18.3 Å². The van der Waals surface area contributed by atoms with E-state index < -0.39 is 27.6 Å². The third-order valence-corrected chi connectivity index (χ3v) is 3.74. The SMILES string of the molecule is CN(C)S(=O)(=O)NC(CC(=O)O)C(C)(C)C. The van der Waals surface area contributed by atoms with E-state index >= 15 is 0 Å². The number of nitrogens with zero attached hydrogens (tertiary/aromatic N) is 1. The van der Waals surface area contributed by atoms with Gasteiger partial charge in [-0.1, -0.05) is 20.8 Å². The Labute approximate surface area is 96.8 Å². The highest BCUT2D eigenvalue weighted by molar-refractivity contribution is 7.87. The Bertz CT molecular complexity index is 343. The first-order valence-corrected chi connectivity index (χ1v) is 6.32. The predicted octanol–water partition coefficient (Wildman–Crippen LogP) is 0.272. The highest BCUT2D eigenvalue weighted by atomic mass is 32.2. The molecule has 0 aliphatic heterocycles. The fourth-order valence-electron chi connectivity index (χ4n) is 0.984. The third-order valence-electron chi connectivity index (χ3n) is 2.20. The highest BCUT2D eigenvalue weighted by Gasteiger charge is 2.31. The van der Waals surface area contributed by atoms with Crippen LogP contribution in [0.25, 0.3) is 0 Å². The first-order chi connectivity index (χ1) is 6.97. The maximum Gasteiger partial charge on any atom is 0.304 e. The van der Waals surface area contributed by atoms with Crippen molar-refractivity contribution in [2.45, 2.75) is 33.2 Å². The zero-order chi connectivity index (χ0) is 13.1. The first kappa shape index (κ1) is 15.3. The van der Waals surface area contributed by atoms with Crippen molar-refractivity contribution in [2.75, 3.05) is 14.1 Å². The lowest BCUT2D eigenvalue weighted by molar-refractivity contribution is -0.138. The van der Waals surface area contributed by atoms with Gasteiger partial charge >= 0.3 is 5.97 Å². The van der Waals surface area contributed by atoms with E-state index in [4.69, 9.17) is 5.11 Å². The second kappa shape index (κ2) is 5.11. The molecule has 0 aliphatic rings. The molecule has 0 spiro atoms. The maximum absolute atomic E-state index is 11.6. The second-order valence-corrected chi connectivity index (χ2v) is 6.84. The largest absolute Gasteiger partial charge is 0.481 e. The molecule has 0 aromatic heterocycles. The van der Waals surface area contributed by atoms with Crippen molar-refractivity contribution in [3.8, 4) is 0 Å². The van der Waals surface area contributed by atoms with Crippen molar-refractivity contribution >= 4 is 16.2 Å². The van der Waals surface area contributed by atoms with E-state index in [1.807, 2.05) is 0 Å². The Morgan fingerprint density at radius 3 is 2.06 bits per heavy atom. The highest BCUT2D eigenvalue weighted by Crippen LogP contribution is 2.22. The Hall–Kier alpha value is -0.660. The van der Waals surface area contributed by atoms with Crippen molar-refractivity contribution in [3.05, 3.63) is 0 Å². The Morgan fingerprint density at radius 2 is 1.81 bits per heavy atom. The Balaban J connectivity index is 4.90. The van der Waals surface area contributed by atoms with Crippen LogP contribution in [0.15, 0.2) is 0 Å². The number of hydrogen-bond donors (Lipinski definition) is 2. The summed E-state index contributed by atoms with van der Waals surface area (Å²) in [6.07, 6.45) is -0.240. The van der Waals surface area contributed by atoms with Crippen LogP contribution >= 0.6 is 0 Å². The van der Waals surface area contributed by atoms with E-state index in [9.17, 15) is 13.2 Å². The molecule has 1 atom stereocenters. The van der Waals surface area contributed by atoms with Crippen LogP contribution in [0.3, 0.4) is 0 Å². The maximum atomic E-state index is 11.6. The molecule has 0 aromatic rings. The molecule has 0 saturated heterocycles. The number of carboxylic acids is 1. The van der Waals surface area contributed by atoms with E-state index in [0.29, 0.717) is 0 Å². The molecule has 2 N–H and O–H groups in total. The van der Waals surface area contributed by atoms with Gasteiger partial charge in [0.15, 0.2) is 0 Å². The number of carbonyl (C=O) groups is 1. The molecule has 7 heteroatoms. The summed E-state index contributed by atoms with van der Waals surface area (Å²) < 4.78 is 26.6. The van der Waals surface area contributed by atoms with Gasteiger partial charge < -0.3 is 5.11 Å². The van der Waals surface area contributed by atoms with Crippen LogP contribution in [0, 0.1) is 5.41 Å². The van der Waals surface area contributed by atoms with Crippen LogP contribution in [0.2, 0.25) is 0 Å². The molecule has 0 amide bonds. The lowest BCUT2D eigenvalue weighted by Gasteiger charge is -2.31. The smallest absolute Gasteiger partial charge is 0.304 e. The van der Waals surface area contributed by atoms with Crippen LogP contribution in [-0.4, -0.2) is 43.9 Å². The van der Waals surface area contributed by atoms with Crippen molar-refractivity contribution in [3.63, 3.8) is 0 Å². The van der Waals surface area contributed by atoms with E-state index in [1.54, 1.807) is 20.8 Å². The second-order valence-electron chi connectivity index (χ2n) is 4.92. The molecular formula is C9H20N2O4S. The van der Waals surface area contributed by atoms with Gasteiger partial charge in [0.1, 0.15) is 0 Å². The average molecular weight is 252 g/mol. The minimum absolute atomic E-state index is 0.240. The molecule has 6 nitrogen and oxygen atoms in total. The van der Waals surface area contributed by atoms with Gasteiger partial charge in [-0.05, 0) is 5.41 Å². The molecule has 0 saturated carbocycles. The van der Waals surface area contributed by atoms with Crippen molar-refractivity contribution in [2.24, 2.45) is 5.41 Å². The molecule has 16 heavy (non-hydrogen) atoms. The van der Waals surface area contributed by atoms with Crippen molar-refractivity contribution in [1.82, 2.24) is 9.03 Å². The number of aliphatic carboxylic acids is 1. The molecule has 0 aromatic carbocycles. The minimum Gasteiger partial charge on any atom is -0.481 e. The topological polar surface area (TPSA) is 86.7 Å². The van der Waals surface area contributed by atoms with E-state index in [0.717, 1.165) is 4.31 Å². The lowest BCUT2D eigenvalue weighted by Crippen LogP contribution is -2.48. The van der Waals surface area contributed by atoms with Crippen LogP contribution in [0.1, 0.15) is 27.2 Å². The molecule has 1 unspecified atom stereocenters. The summed E-state index contributed by atoms with van der Waals surface area (Å²) in [5, 5.41) is 8.73. The summed E-state index contributed by atoms with van der Waals surface area (Å²) in [6, 6.07) is -0.641. The van der Waals surface area contributed by atoms with Crippen LogP contribution in [0.5, 0.6) is 0 Å². The van der Waals surface area contributed by atoms with Gasteiger partial charge in [-0.15, -0.1) is 0 Å². The summed E-state index contributed by atoms with van der Waals surface area (Å²) in [5.41, 5.74) is -0.457. The van der Waals surface area contributed by atoms with Crippen LogP contribution in [0.4, 0.5) is 0 Å². The standard InChI is InChI=1S/C9H20N2O4S/c1-9(2,3)7(6-8(12)13)10-16(14,15)11(4)5/h7,10H,6H2,1-5H3,(H,12,13). The van der Waals surface area contributed by atoms with Gasteiger partial charge in [0, 0.05) is 20.1 Å². The molecule has 0 bridgehead atoms. The van der Waals surface area contributed by atoms with Crippen LogP contribution in [-0.2, 0) is 15.0 Å². The number of carboxylic acid groups (broad SMARTS) is 1. The quantitative estimate of drug-likeness (QED) is 0.735. The van der Waals surface area contributed by atoms with Crippen molar-refractivity contribution in [1.29, 1.82) is 0 Å². The van der Waals surface area contributed by atoms with E-state index in [-0.39, 0.29) is 6.42 Å². The summed E-state index contributed by atoms with van der Waals surface area (Å²) in [5.74, 6) is -1.03. The monoisotopic (exact) mass is 252 g/mol. The summed E-state index contributed by atoms with van der Waals surface area (Å²) in [7, 11) is -0.823. The Kier molecular flexibility index (Phi) is 4.90. The number of rotatable bonds is 5. The molecule has 0 fully saturated rings. The zero-order valence-corrected chi connectivity index (χ0v) is 11.1. The normalized spacial score (nSPS) is 15.1. The summed E-state index contributed by atoms with van der Waals surface area (Å²) >= 11 is 0. The van der Waals surface area contributed by atoms with Gasteiger partial charge in [-0.2, -0.15) is 17.4 Å². The number of nitrogens with one attached hydrogen (secondary N) is 1. The average Bonchev–Trinajstić information content (AvgIpc) is 1.99.